The van der Waals surface area contributed by atoms with E-state index in [1.807, 2.05) is 0 Å². The molecule has 0 spiro atoms. The molecule has 4 nitrogen and oxygen atoms in total. The van der Waals surface area contributed by atoms with Crippen molar-refractivity contribution in [3.63, 3.8) is 0 Å². The number of H-pyrrole nitrogens is 1. The molecule has 0 amide bonds. The topological polar surface area (TPSA) is 52.7 Å². The average molecular weight is 292 g/mol. The van der Waals surface area contributed by atoms with Gasteiger partial charge >= 0.3 is 0 Å². The second kappa shape index (κ2) is 6.68. The fraction of sp³-hybridized carbons (Fsp3) is 0.733. The summed E-state index contributed by atoms with van der Waals surface area (Å²) in [5.74, 6) is 1.83. The molecule has 2 aliphatic rings. The maximum absolute atomic E-state index is 5.27. The van der Waals surface area contributed by atoms with Crippen LogP contribution in [0.2, 0.25) is 0 Å². The lowest BCUT2D eigenvalue weighted by Gasteiger charge is -2.23. The summed E-state index contributed by atoms with van der Waals surface area (Å²) in [7, 11) is 0. The SMILES string of the molecule is S=c1nc(NCC2CCCCC2)c2c([nH]1)CCNCC2. The maximum atomic E-state index is 5.27. The molecule has 1 fully saturated rings. The molecule has 1 aliphatic carbocycles. The Kier molecular flexibility index (Phi) is 4.68. The first-order chi connectivity index (χ1) is 9.83. The molecule has 0 saturated heterocycles. The summed E-state index contributed by atoms with van der Waals surface area (Å²) in [5.41, 5.74) is 2.60. The number of hydrogen-bond donors (Lipinski definition) is 3. The molecule has 3 N–H and O–H groups in total. The molecule has 0 atom stereocenters. The van der Waals surface area contributed by atoms with Crippen LogP contribution in [0.4, 0.5) is 5.82 Å². The van der Waals surface area contributed by atoms with Crippen LogP contribution < -0.4 is 10.6 Å². The highest BCUT2D eigenvalue weighted by atomic mass is 32.1. The minimum Gasteiger partial charge on any atom is -0.369 e. The summed E-state index contributed by atoms with van der Waals surface area (Å²) >= 11 is 5.27. The van der Waals surface area contributed by atoms with Crippen molar-refractivity contribution in [2.45, 2.75) is 44.9 Å². The third-order valence-corrected chi connectivity index (χ3v) is 4.70. The molecule has 5 heteroatoms. The lowest BCUT2D eigenvalue weighted by Crippen LogP contribution is -2.19. The largest absolute Gasteiger partial charge is 0.369 e. The van der Waals surface area contributed by atoms with Crippen LogP contribution >= 0.6 is 12.2 Å². The fourth-order valence-corrected chi connectivity index (χ4v) is 3.57. The van der Waals surface area contributed by atoms with Gasteiger partial charge in [-0.1, -0.05) is 19.3 Å². The van der Waals surface area contributed by atoms with Gasteiger partial charge in [-0.05, 0) is 43.9 Å². The van der Waals surface area contributed by atoms with Crippen LogP contribution in [-0.2, 0) is 12.8 Å². The molecule has 1 aromatic rings. The number of hydrogen-bond acceptors (Lipinski definition) is 4. The first kappa shape index (κ1) is 14.0. The van der Waals surface area contributed by atoms with Crippen LogP contribution in [0.25, 0.3) is 0 Å². The molecule has 1 saturated carbocycles. The third-order valence-electron chi connectivity index (χ3n) is 4.51. The van der Waals surface area contributed by atoms with Gasteiger partial charge in [0.1, 0.15) is 5.82 Å². The lowest BCUT2D eigenvalue weighted by molar-refractivity contribution is 0.373. The molecule has 20 heavy (non-hydrogen) atoms. The number of nitrogens with one attached hydrogen (secondary N) is 3. The van der Waals surface area contributed by atoms with Crippen molar-refractivity contribution in [3.05, 3.63) is 16.0 Å². The van der Waals surface area contributed by atoms with Gasteiger partial charge in [0.2, 0.25) is 0 Å². The Morgan fingerprint density at radius 1 is 1.15 bits per heavy atom. The Morgan fingerprint density at radius 2 is 1.95 bits per heavy atom. The zero-order chi connectivity index (χ0) is 13.8. The average Bonchev–Trinajstić information content (AvgIpc) is 2.71. The van der Waals surface area contributed by atoms with Crippen LogP contribution in [0.1, 0.15) is 43.4 Å². The minimum absolute atomic E-state index is 0.608. The van der Waals surface area contributed by atoms with E-state index in [9.17, 15) is 0 Å². The van der Waals surface area contributed by atoms with Gasteiger partial charge in [0, 0.05) is 30.8 Å². The van der Waals surface area contributed by atoms with Crippen molar-refractivity contribution in [3.8, 4) is 0 Å². The standard InChI is InChI=1S/C15H24N4S/c20-15-18-13-7-9-16-8-6-12(13)14(19-15)17-10-11-4-2-1-3-5-11/h11,16H,1-10H2,(H2,17,18,19,20). The van der Waals surface area contributed by atoms with Crippen LogP contribution in [0, 0.1) is 10.7 Å². The molecular weight excluding hydrogens is 268 g/mol. The second-order valence-electron chi connectivity index (χ2n) is 5.98. The third kappa shape index (κ3) is 3.38. The molecule has 3 rings (SSSR count). The quantitative estimate of drug-likeness (QED) is 0.750. The summed E-state index contributed by atoms with van der Waals surface area (Å²) in [6.07, 6.45) is 8.94. The summed E-state index contributed by atoms with van der Waals surface area (Å²) in [4.78, 5) is 7.80. The number of rotatable bonds is 3. The predicted molar refractivity (Wildman–Crippen MR) is 84.8 cm³/mol. The highest BCUT2D eigenvalue weighted by Crippen LogP contribution is 2.25. The van der Waals surface area contributed by atoms with E-state index >= 15 is 0 Å². The Balaban J connectivity index is 1.74. The van der Waals surface area contributed by atoms with Crippen LogP contribution in [0.15, 0.2) is 0 Å². The minimum atomic E-state index is 0.608. The highest BCUT2D eigenvalue weighted by Gasteiger charge is 2.17. The van der Waals surface area contributed by atoms with Gasteiger partial charge in [-0.2, -0.15) is 0 Å². The summed E-state index contributed by atoms with van der Waals surface area (Å²) in [6, 6.07) is 0. The van der Waals surface area contributed by atoms with E-state index in [1.54, 1.807) is 0 Å². The van der Waals surface area contributed by atoms with Crippen LogP contribution in [0.5, 0.6) is 0 Å². The molecule has 2 heterocycles. The van der Waals surface area contributed by atoms with Gasteiger partial charge in [-0.25, -0.2) is 4.98 Å². The Morgan fingerprint density at radius 3 is 2.80 bits per heavy atom. The Hall–Kier alpha value is -0.940. The summed E-state index contributed by atoms with van der Waals surface area (Å²) in [5, 5.41) is 7.02. The number of anilines is 1. The zero-order valence-corrected chi connectivity index (χ0v) is 12.8. The van der Waals surface area contributed by atoms with Crippen LogP contribution in [0.3, 0.4) is 0 Å². The summed E-state index contributed by atoms with van der Waals surface area (Å²) < 4.78 is 0.608. The normalized spacial score (nSPS) is 20.2. The van der Waals surface area contributed by atoms with Crippen molar-refractivity contribution in [1.82, 2.24) is 15.3 Å². The molecule has 0 radical (unpaired) electrons. The van der Waals surface area contributed by atoms with Gasteiger partial charge < -0.3 is 15.6 Å². The van der Waals surface area contributed by atoms with E-state index in [2.05, 4.69) is 20.6 Å². The molecular formula is C15H24N4S. The van der Waals surface area contributed by atoms with Crippen molar-refractivity contribution in [2.24, 2.45) is 5.92 Å². The number of aromatic amines is 1. The number of nitrogens with zero attached hydrogens (tertiary/aromatic N) is 1. The molecule has 1 aromatic heterocycles. The molecule has 0 unspecified atom stereocenters. The van der Waals surface area contributed by atoms with E-state index in [1.165, 1.54) is 43.4 Å². The number of aromatic nitrogens is 2. The first-order valence-corrected chi connectivity index (χ1v) is 8.30. The van der Waals surface area contributed by atoms with Gasteiger partial charge in [0.05, 0.1) is 0 Å². The number of fused-ring (bicyclic) bond motifs is 1. The van der Waals surface area contributed by atoms with E-state index in [0.717, 1.165) is 44.2 Å². The van der Waals surface area contributed by atoms with Crippen molar-refractivity contribution < 1.29 is 0 Å². The van der Waals surface area contributed by atoms with Crippen LogP contribution in [-0.4, -0.2) is 29.6 Å². The summed E-state index contributed by atoms with van der Waals surface area (Å²) in [6.45, 7) is 3.09. The van der Waals surface area contributed by atoms with Crippen molar-refractivity contribution in [2.75, 3.05) is 25.0 Å². The zero-order valence-electron chi connectivity index (χ0n) is 12.0. The molecule has 0 aromatic carbocycles. The van der Waals surface area contributed by atoms with Crippen molar-refractivity contribution >= 4 is 18.0 Å². The van der Waals surface area contributed by atoms with Gasteiger partial charge in [-0.15, -0.1) is 0 Å². The molecule has 0 bridgehead atoms. The first-order valence-electron chi connectivity index (χ1n) is 7.89. The van der Waals surface area contributed by atoms with Gasteiger partial charge in [0.15, 0.2) is 4.77 Å². The van der Waals surface area contributed by atoms with Crippen molar-refractivity contribution in [1.29, 1.82) is 0 Å². The van der Waals surface area contributed by atoms with Gasteiger partial charge in [-0.3, -0.25) is 0 Å². The molecule has 1 aliphatic heterocycles. The second-order valence-corrected chi connectivity index (χ2v) is 6.37. The van der Waals surface area contributed by atoms with E-state index < -0.39 is 0 Å². The Labute approximate surface area is 125 Å². The Bertz CT molecular complexity index is 505. The monoisotopic (exact) mass is 292 g/mol. The fourth-order valence-electron chi connectivity index (χ4n) is 3.36. The highest BCUT2D eigenvalue weighted by molar-refractivity contribution is 7.71. The lowest BCUT2D eigenvalue weighted by atomic mass is 9.89. The molecule has 110 valence electrons. The van der Waals surface area contributed by atoms with E-state index in [4.69, 9.17) is 12.2 Å². The van der Waals surface area contributed by atoms with Gasteiger partial charge in [0.25, 0.3) is 0 Å². The predicted octanol–water partition coefficient (Wildman–Crippen LogP) is 2.82. The van der Waals surface area contributed by atoms with E-state index in [0.29, 0.717) is 4.77 Å². The van der Waals surface area contributed by atoms with E-state index in [-0.39, 0.29) is 0 Å². The smallest absolute Gasteiger partial charge is 0.198 e. The maximum Gasteiger partial charge on any atom is 0.198 e.